The Labute approximate surface area is 102 Å². The summed E-state index contributed by atoms with van der Waals surface area (Å²) in [6, 6.07) is 3.89. The lowest BCUT2D eigenvalue weighted by Crippen LogP contribution is -2.26. The van der Waals surface area contributed by atoms with Crippen molar-refractivity contribution in [1.82, 2.24) is 5.48 Å². The van der Waals surface area contributed by atoms with E-state index in [-0.39, 0.29) is 5.41 Å². The third kappa shape index (κ3) is 2.70. The summed E-state index contributed by atoms with van der Waals surface area (Å²) < 4.78 is 11.5. The molecule has 1 aliphatic rings. The van der Waals surface area contributed by atoms with Gasteiger partial charge < -0.3 is 14.7 Å². The van der Waals surface area contributed by atoms with E-state index in [4.69, 9.17) is 14.7 Å². The summed E-state index contributed by atoms with van der Waals surface area (Å²) in [5, 5.41) is 8.76. The predicted molar refractivity (Wildman–Crippen MR) is 64.6 cm³/mol. The summed E-state index contributed by atoms with van der Waals surface area (Å²) in [6.07, 6.45) is 0. The van der Waals surface area contributed by atoms with E-state index in [0.29, 0.717) is 19.8 Å². The minimum atomic E-state index is 0.0162. The maximum Gasteiger partial charge on any atom is 0.161 e. The monoisotopic (exact) mass is 237 g/mol. The van der Waals surface area contributed by atoms with Crippen LogP contribution in [0.25, 0.3) is 0 Å². The number of aryl methyl sites for hydroxylation is 1. The highest BCUT2D eigenvalue weighted by molar-refractivity contribution is 5.47. The Morgan fingerprint density at radius 2 is 1.82 bits per heavy atom. The second-order valence-electron chi connectivity index (χ2n) is 5.30. The molecule has 2 N–H and O–H groups in total. The molecule has 0 atom stereocenters. The fourth-order valence-electron chi connectivity index (χ4n) is 1.79. The summed E-state index contributed by atoms with van der Waals surface area (Å²) >= 11 is 0. The van der Waals surface area contributed by atoms with Crippen molar-refractivity contribution in [2.45, 2.75) is 27.3 Å². The molecule has 0 spiro atoms. The number of benzene rings is 1. The molecule has 17 heavy (non-hydrogen) atoms. The largest absolute Gasteiger partial charge is 0.489 e. The third-order valence-electron chi connectivity index (χ3n) is 2.91. The molecular formula is C13H19NO3. The number of ether oxygens (including phenoxy) is 2. The zero-order valence-corrected chi connectivity index (χ0v) is 10.5. The Hall–Kier alpha value is -1.26. The highest BCUT2D eigenvalue weighted by atomic mass is 16.5. The Morgan fingerprint density at radius 1 is 1.24 bits per heavy atom. The Balaban J connectivity index is 2.31. The van der Waals surface area contributed by atoms with Crippen LogP contribution in [0, 0.1) is 12.3 Å². The van der Waals surface area contributed by atoms with E-state index in [1.807, 2.05) is 19.1 Å². The van der Waals surface area contributed by atoms with Crippen molar-refractivity contribution in [2.24, 2.45) is 5.41 Å². The van der Waals surface area contributed by atoms with Gasteiger partial charge >= 0.3 is 0 Å². The fourth-order valence-corrected chi connectivity index (χ4v) is 1.79. The zero-order chi connectivity index (χ0) is 12.5. The molecule has 0 fully saturated rings. The zero-order valence-electron chi connectivity index (χ0n) is 10.5. The molecule has 0 saturated heterocycles. The predicted octanol–water partition coefficient (Wildman–Crippen LogP) is 2.27. The van der Waals surface area contributed by atoms with Crippen molar-refractivity contribution in [3.63, 3.8) is 0 Å². The van der Waals surface area contributed by atoms with Crippen molar-refractivity contribution in [3.8, 4) is 11.5 Å². The van der Waals surface area contributed by atoms with Crippen LogP contribution in [-0.4, -0.2) is 18.4 Å². The normalized spacial score (nSPS) is 17.6. The summed E-state index contributed by atoms with van der Waals surface area (Å²) in [7, 11) is 0. The second kappa shape index (κ2) is 4.55. The van der Waals surface area contributed by atoms with Crippen molar-refractivity contribution >= 4 is 0 Å². The quantitative estimate of drug-likeness (QED) is 0.775. The van der Waals surface area contributed by atoms with Crippen molar-refractivity contribution in [1.29, 1.82) is 0 Å². The van der Waals surface area contributed by atoms with Crippen LogP contribution < -0.4 is 15.0 Å². The summed E-state index contributed by atoms with van der Waals surface area (Å²) in [5.74, 6) is 1.54. The number of fused-ring (bicyclic) bond motifs is 1. The highest BCUT2D eigenvalue weighted by Gasteiger charge is 2.25. The van der Waals surface area contributed by atoms with E-state index in [9.17, 15) is 0 Å². The Morgan fingerprint density at radius 3 is 2.41 bits per heavy atom. The Kier molecular flexibility index (Phi) is 3.26. The lowest BCUT2D eigenvalue weighted by Gasteiger charge is -2.19. The second-order valence-corrected chi connectivity index (χ2v) is 5.30. The van der Waals surface area contributed by atoms with Crippen LogP contribution in [0.1, 0.15) is 25.0 Å². The molecule has 0 bridgehead atoms. The number of rotatable bonds is 2. The molecular weight excluding hydrogens is 218 g/mol. The van der Waals surface area contributed by atoms with E-state index in [1.165, 1.54) is 0 Å². The van der Waals surface area contributed by atoms with Crippen molar-refractivity contribution in [3.05, 3.63) is 23.3 Å². The maximum atomic E-state index is 8.76. The van der Waals surface area contributed by atoms with Gasteiger partial charge in [0, 0.05) is 12.0 Å². The number of hydrogen-bond donors (Lipinski definition) is 2. The lowest BCUT2D eigenvalue weighted by molar-refractivity contribution is 0.140. The first-order valence-electron chi connectivity index (χ1n) is 5.78. The molecule has 0 radical (unpaired) electrons. The average Bonchev–Trinajstić information content (AvgIpc) is 2.40. The van der Waals surface area contributed by atoms with E-state index in [2.05, 4.69) is 19.3 Å². The first kappa shape index (κ1) is 12.2. The molecule has 4 heteroatoms. The first-order valence-corrected chi connectivity index (χ1v) is 5.78. The molecule has 1 aromatic carbocycles. The van der Waals surface area contributed by atoms with Gasteiger partial charge in [0.05, 0.1) is 13.2 Å². The lowest BCUT2D eigenvalue weighted by atomic mass is 9.97. The van der Waals surface area contributed by atoms with Gasteiger partial charge in [0.2, 0.25) is 0 Å². The molecule has 94 valence electrons. The molecule has 0 aromatic heterocycles. The molecule has 1 aliphatic heterocycles. The molecule has 4 nitrogen and oxygen atoms in total. The summed E-state index contributed by atoms with van der Waals surface area (Å²) in [5.41, 5.74) is 4.27. The van der Waals surface area contributed by atoms with Gasteiger partial charge in [-0.2, -0.15) is 0 Å². The summed E-state index contributed by atoms with van der Waals surface area (Å²) in [4.78, 5) is 0. The number of hydroxylamine groups is 1. The van der Waals surface area contributed by atoms with Crippen LogP contribution >= 0.6 is 0 Å². The van der Waals surface area contributed by atoms with Gasteiger partial charge in [-0.1, -0.05) is 13.8 Å². The Bertz CT molecular complexity index is 415. The van der Waals surface area contributed by atoms with E-state index < -0.39 is 0 Å². The van der Waals surface area contributed by atoms with Gasteiger partial charge in [0.25, 0.3) is 0 Å². The third-order valence-corrected chi connectivity index (χ3v) is 2.91. The fraction of sp³-hybridized carbons (Fsp3) is 0.538. The SMILES string of the molecule is Cc1cc2c(cc1CNO)OCC(C)(C)CO2. The highest BCUT2D eigenvalue weighted by Crippen LogP contribution is 2.35. The van der Waals surface area contributed by atoms with Gasteiger partial charge in [-0.3, -0.25) is 0 Å². The van der Waals surface area contributed by atoms with E-state index in [0.717, 1.165) is 22.6 Å². The van der Waals surface area contributed by atoms with Gasteiger partial charge in [-0.15, -0.1) is 0 Å². The molecule has 2 rings (SSSR count). The van der Waals surface area contributed by atoms with Crippen molar-refractivity contribution < 1.29 is 14.7 Å². The molecule has 1 heterocycles. The minimum absolute atomic E-state index is 0.0162. The van der Waals surface area contributed by atoms with Crippen LogP contribution in [0.3, 0.4) is 0 Å². The van der Waals surface area contributed by atoms with Gasteiger partial charge in [-0.05, 0) is 30.2 Å². The topological polar surface area (TPSA) is 50.7 Å². The minimum Gasteiger partial charge on any atom is -0.489 e. The van der Waals surface area contributed by atoms with Gasteiger partial charge in [0.1, 0.15) is 0 Å². The molecule has 1 aromatic rings. The number of hydrogen-bond acceptors (Lipinski definition) is 4. The van der Waals surface area contributed by atoms with Crippen LogP contribution in [0.2, 0.25) is 0 Å². The van der Waals surface area contributed by atoms with Crippen LogP contribution in [0.4, 0.5) is 0 Å². The van der Waals surface area contributed by atoms with Crippen LogP contribution in [-0.2, 0) is 6.54 Å². The standard InChI is InChI=1S/C13H19NO3/c1-9-4-11-12(5-10(9)6-14-15)17-8-13(2,3)7-16-11/h4-5,14-15H,6-8H2,1-3H3. The van der Waals surface area contributed by atoms with E-state index in [1.54, 1.807) is 0 Å². The molecule has 0 aliphatic carbocycles. The first-order chi connectivity index (χ1) is 8.02. The molecule has 0 saturated carbocycles. The molecule has 0 unspecified atom stereocenters. The summed E-state index contributed by atoms with van der Waals surface area (Å²) in [6.45, 7) is 7.91. The number of nitrogens with one attached hydrogen (secondary N) is 1. The smallest absolute Gasteiger partial charge is 0.161 e. The van der Waals surface area contributed by atoms with Gasteiger partial charge in [-0.25, -0.2) is 5.48 Å². The molecule has 0 amide bonds. The van der Waals surface area contributed by atoms with Crippen molar-refractivity contribution in [2.75, 3.05) is 13.2 Å². The van der Waals surface area contributed by atoms with Gasteiger partial charge in [0.15, 0.2) is 11.5 Å². The van der Waals surface area contributed by atoms with Crippen LogP contribution in [0.5, 0.6) is 11.5 Å². The van der Waals surface area contributed by atoms with Crippen LogP contribution in [0.15, 0.2) is 12.1 Å². The average molecular weight is 237 g/mol. The maximum absolute atomic E-state index is 8.76. The van der Waals surface area contributed by atoms with E-state index >= 15 is 0 Å².